The Labute approximate surface area is 200 Å². The van der Waals surface area contributed by atoms with Gasteiger partial charge in [-0.15, -0.1) is 0 Å². The first-order valence-electron chi connectivity index (χ1n) is 8.56. The third-order valence-electron chi connectivity index (χ3n) is 3.85. The lowest BCUT2D eigenvalue weighted by atomic mass is 10.0. The molecule has 0 aromatic heterocycles. The summed E-state index contributed by atoms with van der Waals surface area (Å²) in [5.41, 5.74) is 1.95. The van der Waals surface area contributed by atoms with Gasteiger partial charge in [0.05, 0.1) is 29.3 Å². The van der Waals surface area contributed by atoms with Gasteiger partial charge in [-0.25, -0.2) is 0 Å². The van der Waals surface area contributed by atoms with Crippen LogP contribution in [0.25, 0.3) is 0 Å². The van der Waals surface area contributed by atoms with Crippen molar-refractivity contribution in [3.8, 4) is 0 Å². The fraction of sp³-hybridized carbons (Fsp3) is 0.200. The van der Waals surface area contributed by atoms with Crippen LogP contribution in [0.1, 0.15) is 22.3 Å². The Morgan fingerprint density at radius 1 is 0.677 bits per heavy atom. The first kappa shape index (κ1) is 26.6. The molecule has 0 fully saturated rings. The van der Waals surface area contributed by atoms with Crippen molar-refractivity contribution in [3.05, 3.63) is 65.8 Å². The fourth-order valence-electron chi connectivity index (χ4n) is 2.63. The number of carboxylic acid groups (broad SMARTS) is 4. The molecule has 0 saturated carbocycles. The summed E-state index contributed by atoms with van der Waals surface area (Å²) in [5, 5.41) is 34.7. The number of aliphatic carboxylic acids is 4. The summed E-state index contributed by atoms with van der Waals surface area (Å²) in [5.74, 6) is -4.00. The normalized spacial score (nSPS) is 9.97. The zero-order valence-electron chi connectivity index (χ0n) is 15.9. The molecule has 0 aliphatic carbocycles. The number of benzene rings is 2. The molecule has 166 valence electrons. The van der Waals surface area contributed by atoms with Gasteiger partial charge in [-0.1, -0.05) is 24.3 Å². The molecule has 0 aliphatic heterocycles. The topological polar surface area (TPSA) is 166 Å². The van der Waals surface area contributed by atoms with Crippen LogP contribution in [0.5, 0.6) is 0 Å². The first-order chi connectivity index (χ1) is 14.5. The molecule has 0 unspecified atom stereocenters. The minimum Gasteiger partial charge on any atom is -0.481 e. The van der Waals surface area contributed by atoms with Crippen molar-refractivity contribution in [1.82, 2.24) is 0 Å². The van der Waals surface area contributed by atoms with Crippen LogP contribution in [0.2, 0.25) is 0 Å². The maximum Gasteiger partial charge on any atom is 0.307 e. The van der Waals surface area contributed by atoms with Crippen molar-refractivity contribution in [2.45, 2.75) is 25.7 Å². The van der Waals surface area contributed by atoms with Gasteiger partial charge in [0.2, 0.25) is 0 Å². The average Bonchev–Trinajstić information content (AvgIpc) is 2.65. The highest BCUT2D eigenvalue weighted by Crippen LogP contribution is 2.21. The van der Waals surface area contributed by atoms with Crippen molar-refractivity contribution in [2.75, 3.05) is 0 Å². The zero-order chi connectivity index (χ0) is 23.6. The van der Waals surface area contributed by atoms with Crippen LogP contribution in [-0.2, 0) is 47.9 Å². The monoisotopic (exact) mass is 656 g/mol. The Hall–Kier alpha value is -2.42. The summed E-state index contributed by atoms with van der Waals surface area (Å²) in [6, 6.07) is 9.86. The average molecular weight is 656 g/mol. The summed E-state index contributed by atoms with van der Waals surface area (Å²) in [7, 11) is 0. The van der Waals surface area contributed by atoms with Gasteiger partial charge in [0.15, 0.2) is 21.2 Å². The van der Waals surface area contributed by atoms with E-state index in [1.165, 1.54) is 0 Å². The minimum atomic E-state index is -1.49. The van der Waals surface area contributed by atoms with Gasteiger partial charge in [0, 0.05) is 3.57 Å². The third-order valence-corrected chi connectivity index (χ3v) is 6.35. The van der Waals surface area contributed by atoms with Crippen molar-refractivity contribution in [3.63, 3.8) is 0 Å². The SMILES string of the molecule is O=C(O)Cc1cccc(I)c1CC(=O)O.O=Ic1cccc(CC(=O)O)c1CC(=O)O. The molecule has 4 N–H and O–H groups in total. The molecule has 0 atom stereocenters. The second kappa shape index (κ2) is 13.1. The molecule has 0 heterocycles. The van der Waals surface area contributed by atoms with E-state index in [0.717, 1.165) is 3.57 Å². The van der Waals surface area contributed by atoms with Crippen LogP contribution in [-0.4, -0.2) is 44.3 Å². The molecular weight excluding hydrogens is 638 g/mol. The van der Waals surface area contributed by atoms with Crippen LogP contribution in [0.4, 0.5) is 0 Å². The molecule has 0 bridgehead atoms. The lowest BCUT2D eigenvalue weighted by molar-refractivity contribution is -0.137. The highest BCUT2D eigenvalue weighted by Gasteiger charge is 2.14. The van der Waals surface area contributed by atoms with E-state index in [-0.39, 0.29) is 25.7 Å². The molecule has 2 aromatic carbocycles. The first-order valence-corrected chi connectivity index (χ1v) is 11.6. The van der Waals surface area contributed by atoms with Gasteiger partial charge >= 0.3 is 23.9 Å². The number of rotatable bonds is 9. The number of hydrogen-bond acceptors (Lipinski definition) is 5. The maximum atomic E-state index is 10.9. The third kappa shape index (κ3) is 9.50. The van der Waals surface area contributed by atoms with Crippen LogP contribution in [0, 0.1) is 7.14 Å². The predicted molar refractivity (Wildman–Crippen MR) is 124 cm³/mol. The highest BCUT2D eigenvalue weighted by atomic mass is 127. The van der Waals surface area contributed by atoms with E-state index in [9.17, 15) is 22.2 Å². The van der Waals surface area contributed by atoms with Crippen LogP contribution < -0.4 is 0 Å². The van der Waals surface area contributed by atoms with Gasteiger partial charge in [0.25, 0.3) is 0 Å². The Bertz CT molecular complexity index is 1000. The van der Waals surface area contributed by atoms with E-state index in [1.807, 2.05) is 22.6 Å². The largest absolute Gasteiger partial charge is 0.481 e. The number of hydrogen-bond donors (Lipinski definition) is 4. The van der Waals surface area contributed by atoms with Crippen LogP contribution in [0.3, 0.4) is 0 Å². The molecular formula is C20H18I2O9. The van der Waals surface area contributed by atoms with Crippen molar-refractivity contribution in [2.24, 2.45) is 0 Å². The molecule has 9 nitrogen and oxygen atoms in total. The van der Waals surface area contributed by atoms with E-state index < -0.39 is 45.1 Å². The molecule has 0 radical (unpaired) electrons. The van der Waals surface area contributed by atoms with Crippen molar-refractivity contribution >= 4 is 67.7 Å². The van der Waals surface area contributed by atoms with Crippen LogP contribution in [0.15, 0.2) is 36.4 Å². The lowest BCUT2D eigenvalue weighted by Gasteiger charge is -2.07. The Morgan fingerprint density at radius 3 is 1.55 bits per heavy atom. The van der Waals surface area contributed by atoms with E-state index in [0.29, 0.717) is 25.8 Å². The van der Waals surface area contributed by atoms with Gasteiger partial charge in [-0.3, -0.25) is 22.2 Å². The Morgan fingerprint density at radius 2 is 1.10 bits per heavy atom. The van der Waals surface area contributed by atoms with Crippen molar-refractivity contribution < 1.29 is 42.7 Å². The molecule has 0 aliphatic rings. The summed E-state index contributed by atoms with van der Waals surface area (Å²) in [6.07, 6.45) is -0.817. The second-order valence-electron chi connectivity index (χ2n) is 6.11. The van der Waals surface area contributed by atoms with E-state index in [2.05, 4.69) is 0 Å². The lowest BCUT2D eigenvalue weighted by Crippen LogP contribution is -2.09. The standard InChI is InChI=1S/C10H9IO5.C10H9IO4/c12-9(13)4-6-2-1-3-8(11-16)7(6)5-10(14)15;11-8-3-1-2-6(4-9(12)13)7(8)5-10(14)15/h1-3H,4-5H2,(H,12,13)(H,14,15);1-3H,4-5H2,(H,12,13)(H,14,15). The van der Waals surface area contributed by atoms with Gasteiger partial charge in [-0.05, 0) is 57.0 Å². The van der Waals surface area contributed by atoms with Gasteiger partial charge < -0.3 is 20.4 Å². The summed E-state index contributed by atoms with van der Waals surface area (Å²) < 4.78 is 12.2. The van der Waals surface area contributed by atoms with Crippen LogP contribution >= 0.6 is 43.8 Å². The smallest absolute Gasteiger partial charge is 0.307 e. The molecule has 11 heteroatoms. The zero-order valence-corrected chi connectivity index (χ0v) is 20.2. The molecule has 2 rings (SSSR count). The Kier molecular flexibility index (Phi) is 11.2. The summed E-state index contributed by atoms with van der Waals surface area (Å²) in [6.45, 7) is 0. The van der Waals surface area contributed by atoms with E-state index in [4.69, 9.17) is 20.4 Å². The van der Waals surface area contributed by atoms with Crippen molar-refractivity contribution in [1.29, 1.82) is 0 Å². The fourth-order valence-corrected chi connectivity index (χ4v) is 4.54. The Balaban J connectivity index is 0.000000311. The minimum absolute atomic E-state index is 0.137. The molecule has 0 amide bonds. The second-order valence-corrected chi connectivity index (χ2v) is 8.88. The maximum absolute atomic E-state index is 10.9. The molecule has 0 spiro atoms. The summed E-state index contributed by atoms with van der Waals surface area (Å²) >= 11 is 0.517. The predicted octanol–water partition coefficient (Wildman–Crippen LogP) is 2.97. The number of carboxylic acids is 4. The molecule has 0 saturated heterocycles. The highest BCUT2D eigenvalue weighted by molar-refractivity contribution is 14.1. The van der Waals surface area contributed by atoms with Gasteiger partial charge in [-0.2, -0.15) is 0 Å². The molecule has 31 heavy (non-hydrogen) atoms. The quantitative estimate of drug-likeness (QED) is 0.297. The van der Waals surface area contributed by atoms with E-state index >= 15 is 0 Å². The van der Waals surface area contributed by atoms with E-state index in [1.54, 1.807) is 36.4 Å². The van der Waals surface area contributed by atoms with Gasteiger partial charge in [0.1, 0.15) is 0 Å². The summed E-state index contributed by atoms with van der Waals surface area (Å²) in [4.78, 5) is 42.4. The molecule has 2 aromatic rings. The number of halogens is 2. The number of carbonyl (C=O) groups is 4.